The maximum atomic E-state index is 2.64. The molecular formula is C16H36N2+. The molecule has 0 aliphatic carbocycles. The third-order valence-corrected chi connectivity index (χ3v) is 3.56. The van der Waals surface area contributed by atoms with E-state index in [0.717, 1.165) is 11.8 Å². The summed E-state index contributed by atoms with van der Waals surface area (Å²) in [5, 5.41) is 5.25. The Labute approximate surface area is 116 Å². The summed E-state index contributed by atoms with van der Waals surface area (Å²) in [5.41, 5.74) is 0. The molecule has 0 aliphatic rings. The van der Waals surface area contributed by atoms with Crippen LogP contribution in [0.1, 0.15) is 68.2 Å². The summed E-state index contributed by atoms with van der Waals surface area (Å²) in [4.78, 5) is 0. The van der Waals surface area contributed by atoms with E-state index in [2.05, 4.69) is 65.4 Å². The van der Waals surface area contributed by atoms with Gasteiger partial charge in [-0.05, 0) is 26.7 Å². The number of hydrogen-bond acceptors (Lipinski definition) is 2. The zero-order chi connectivity index (χ0) is 14.3. The Morgan fingerprint density at radius 2 is 1.06 bits per heavy atom. The smallest absolute Gasteiger partial charge is 0.101 e. The summed E-state index contributed by atoms with van der Waals surface area (Å²) in [6.07, 6.45) is 2.44. The lowest BCUT2D eigenvalue weighted by Gasteiger charge is -2.34. The van der Waals surface area contributed by atoms with E-state index in [1.54, 1.807) is 0 Å². The molecule has 0 saturated heterocycles. The Bertz CT molecular complexity index is 181. The van der Waals surface area contributed by atoms with Gasteiger partial charge in [-0.15, -0.1) is 5.01 Å². The molecule has 0 N–H and O–H groups in total. The predicted octanol–water partition coefficient (Wildman–Crippen LogP) is 4.25. The van der Waals surface area contributed by atoms with Crippen molar-refractivity contribution in [2.45, 2.75) is 80.3 Å². The molecule has 0 aliphatic heterocycles. The second-order valence-electron chi connectivity index (χ2n) is 6.55. The zero-order valence-electron chi connectivity index (χ0n) is 14.0. The Hall–Kier alpha value is -0.0800. The molecule has 0 spiro atoms. The van der Waals surface area contributed by atoms with Gasteiger partial charge in [0.05, 0.1) is 12.1 Å². The van der Waals surface area contributed by atoms with E-state index >= 15 is 0 Å². The monoisotopic (exact) mass is 256 g/mol. The van der Waals surface area contributed by atoms with Gasteiger partial charge in [0.2, 0.25) is 0 Å². The van der Waals surface area contributed by atoms with E-state index in [0.29, 0.717) is 12.1 Å². The molecule has 0 heterocycles. The first-order valence-corrected chi connectivity index (χ1v) is 7.86. The molecule has 2 atom stereocenters. The number of nitrogens with zero attached hydrogens (tertiary/aromatic N) is 2. The normalized spacial score (nSPS) is 16.0. The quantitative estimate of drug-likeness (QED) is 0.442. The summed E-state index contributed by atoms with van der Waals surface area (Å²) >= 11 is 0. The van der Waals surface area contributed by atoms with E-state index in [1.165, 1.54) is 25.9 Å². The SMILES string of the molecule is CCC(C)N(C(C)CC)[N+](CC(C)C)CC(C)C. The van der Waals surface area contributed by atoms with Crippen LogP contribution < -0.4 is 5.01 Å². The summed E-state index contributed by atoms with van der Waals surface area (Å²) in [5.74, 6) is 1.44. The Kier molecular flexibility index (Phi) is 8.89. The lowest BCUT2D eigenvalue weighted by atomic mass is 10.1. The second-order valence-corrected chi connectivity index (χ2v) is 6.55. The van der Waals surface area contributed by atoms with Crippen LogP contribution in [0.15, 0.2) is 0 Å². The molecule has 0 saturated carbocycles. The molecule has 1 radical (unpaired) electrons. The van der Waals surface area contributed by atoms with E-state index in [4.69, 9.17) is 0 Å². The number of rotatable bonds is 9. The molecule has 0 rings (SSSR count). The standard InChI is InChI=1S/C16H36N2/c1-9-15(7)18(16(8)10-2)17(11-13(3)4)12-14(5)6/h13-16H,9-12H2,1-8H3/q+1. The van der Waals surface area contributed by atoms with Crippen molar-refractivity contribution in [2.24, 2.45) is 11.8 Å². The highest BCUT2D eigenvalue weighted by atomic mass is 15.6. The van der Waals surface area contributed by atoms with Gasteiger partial charge < -0.3 is 0 Å². The molecule has 0 aromatic carbocycles. The van der Waals surface area contributed by atoms with Crippen LogP contribution in [0, 0.1) is 11.8 Å². The van der Waals surface area contributed by atoms with Crippen molar-refractivity contribution in [3.05, 3.63) is 0 Å². The largest absolute Gasteiger partial charge is 0.147 e. The molecule has 18 heavy (non-hydrogen) atoms. The van der Waals surface area contributed by atoms with Gasteiger partial charge in [-0.25, -0.2) is 0 Å². The van der Waals surface area contributed by atoms with Crippen molar-refractivity contribution < 1.29 is 0 Å². The Balaban J connectivity index is 4.92. The highest BCUT2D eigenvalue weighted by Crippen LogP contribution is 2.16. The number of hydrogen-bond donors (Lipinski definition) is 0. The van der Waals surface area contributed by atoms with Gasteiger partial charge in [0, 0.05) is 11.8 Å². The average molecular weight is 256 g/mol. The van der Waals surface area contributed by atoms with Crippen LogP contribution in [0.25, 0.3) is 0 Å². The highest BCUT2D eigenvalue weighted by molar-refractivity contribution is 4.76. The minimum absolute atomic E-state index is 0.637. The fourth-order valence-electron chi connectivity index (χ4n) is 2.47. The van der Waals surface area contributed by atoms with Crippen LogP contribution in [-0.2, 0) is 0 Å². The lowest BCUT2D eigenvalue weighted by Crippen LogP contribution is -2.58. The molecule has 2 nitrogen and oxygen atoms in total. The van der Waals surface area contributed by atoms with Crippen molar-refractivity contribution >= 4 is 0 Å². The van der Waals surface area contributed by atoms with E-state index in [-0.39, 0.29) is 0 Å². The van der Waals surface area contributed by atoms with Gasteiger partial charge >= 0.3 is 0 Å². The third kappa shape index (κ3) is 6.19. The van der Waals surface area contributed by atoms with Crippen LogP contribution in [0.5, 0.6) is 0 Å². The van der Waals surface area contributed by atoms with Gasteiger partial charge in [-0.1, -0.05) is 46.6 Å². The van der Waals surface area contributed by atoms with Gasteiger partial charge in [0.15, 0.2) is 0 Å². The van der Waals surface area contributed by atoms with E-state index in [9.17, 15) is 0 Å². The van der Waals surface area contributed by atoms with Crippen molar-refractivity contribution in [1.82, 2.24) is 10.0 Å². The Morgan fingerprint density at radius 1 is 0.722 bits per heavy atom. The Morgan fingerprint density at radius 3 is 1.28 bits per heavy atom. The summed E-state index contributed by atoms with van der Waals surface area (Å²) in [6.45, 7) is 20.9. The molecule has 2 heteroatoms. The minimum Gasteiger partial charge on any atom is -0.101 e. The molecule has 0 aromatic heterocycles. The molecule has 0 amide bonds. The van der Waals surface area contributed by atoms with Gasteiger partial charge in [0.1, 0.15) is 13.1 Å². The first kappa shape index (κ1) is 17.9. The first-order chi connectivity index (χ1) is 8.33. The first-order valence-electron chi connectivity index (χ1n) is 7.86. The van der Waals surface area contributed by atoms with E-state index < -0.39 is 0 Å². The predicted molar refractivity (Wildman–Crippen MR) is 82.9 cm³/mol. The number of hydrazine groups is 1. The topological polar surface area (TPSA) is 9.14 Å². The fraction of sp³-hybridized carbons (Fsp3) is 1.00. The molecule has 2 unspecified atom stereocenters. The maximum absolute atomic E-state index is 2.64. The fourth-order valence-corrected chi connectivity index (χ4v) is 2.47. The second kappa shape index (κ2) is 8.92. The van der Waals surface area contributed by atoms with Crippen LogP contribution in [0.4, 0.5) is 0 Å². The maximum Gasteiger partial charge on any atom is 0.147 e. The third-order valence-electron chi connectivity index (χ3n) is 3.56. The minimum atomic E-state index is 0.637. The van der Waals surface area contributed by atoms with Crippen LogP contribution in [-0.4, -0.2) is 30.2 Å². The molecule has 0 fully saturated rings. The lowest BCUT2D eigenvalue weighted by molar-refractivity contribution is -0.0234. The van der Waals surface area contributed by atoms with Gasteiger partial charge in [-0.3, -0.25) is 0 Å². The molecule has 0 aromatic rings. The van der Waals surface area contributed by atoms with Gasteiger partial charge in [-0.2, -0.15) is 0 Å². The van der Waals surface area contributed by atoms with Crippen molar-refractivity contribution in [1.29, 1.82) is 0 Å². The summed E-state index contributed by atoms with van der Waals surface area (Å²) < 4.78 is 0. The van der Waals surface area contributed by atoms with Crippen molar-refractivity contribution in [2.75, 3.05) is 13.1 Å². The van der Waals surface area contributed by atoms with Crippen molar-refractivity contribution in [3.8, 4) is 0 Å². The van der Waals surface area contributed by atoms with Crippen LogP contribution >= 0.6 is 0 Å². The molecule has 0 bridgehead atoms. The molecule has 109 valence electrons. The van der Waals surface area contributed by atoms with Gasteiger partial charge in [0.25, 0.3) is 0 Å². The summed E-state index contributed by atoms with van der Waals surface area (Å²) in [6, 6.07) is 1.27. The average Bonchev–Trinajstić information content (AvgIpc) is 2.26. The van der Waals surface area contributed by atoms with Crippen molar-refractivity contribution in [3.63, 3.8) is 0 Å². The van der Waals surface area contributed by atoms with E-state index in [1.807, 2.05) is 0 Å². The summed E-state index contributed by atoms with van der Waals surface area (Å²) in [7, 11) is 0. The zero-order valence-corrected chi connectivity index (χ0v) is 14.0. The highest BCUT2D eigenvalue weighted by Gasteiger charge is 2.34. The van der Waals surface area contributed by atoms with Crippen LogP contribution in [0.3, 0.4) is 0 Å². The molecular weight excluding hydrogens is 220 g/mol. The van der Waals surface area contributed by atoms with Crippen LogP contribution in [0.2, 0.25) is 0 Å².